The molecule has 25 heavy (non-hydrogen) atoms. The molecular weight excluding hydrogens is 336 g/mol. The molecule has 1 aliphatic carbocycles. The van der Waals surface area contributed by atoms with Crippen LogP contribution in [0.15, 0.2) is 23.1 Å². The van der Waals surface area contributed by atoms with Crippen LogP contribution in [0.5, 0.6) is 0 Å². The van der Waals surface area contributed by atoms with E-state index in [4.69, 9.17) is 0 Å². The van der Waals surface area contributed by atoms with Gasteiger partial charge < -0.3 is 9.88 Å². The molecule has 1 saturated carbocycles. The number of nitrogens with one attached hydrogen (secondary N) is 1. The van der Waals surface area contributed by atoms with Gasteiger partial charge in [0.2, 0.25) is 5.91 Å². The van der Waals surface area contributed by atoms with Gasteiger partial charge in [-0.1, -0.05) is 25.3 Å². The van der Waals surface area contributed by atoms with Gasteiger partial charge in [-0.05, 0) is 25.0 Å². The Hall–Kier alpha value is -1.82. The maximum absolute atomic E-state index is 12.9. The molecule has 0 unspecified atom stereocenters. The Labute approximate surface area is 148 Å². The Balaban J connectivity index is 1.71. The van der Waals surface area contributed by atoms with Crippen molar-refractivity contribution in [2.75, 3.05) is 12.8 Å². The fourth-order valence-corrected chi connectivity index (χ4v) is 5.27. The van der Waals surface area contributed by atoms with Crippen LogP contribution in [0.4, 0.5) is 0 Å². The number of aromatic amines is 1. The summed E-state index contributed by atoms with van der Waals surface area (Å²) < 4.78 is 24.4. The first-order valence-electron chi connectivity index (χ1n) is 9.06. The van der Waals surface area contributed by atoms with Gasteiger partial charge in [0, 0.05) is 53.8 Å². The molecular formula is C19H24N2O3S. The average Bonchev–Trinajstić information content (AvgIpc) is 2.98. The first-order valence-corrected chi connectivity index (χ1v) is 11.0. The summed E-state index contributed by atoms with van der Waals surface area (Å²) >= 11 is 0. The molecule has 1 aliphatic heterocycles. The fourth-order valence-electron chi connectivity index (χ4n) is 4.34. The van der Waals surface area contributed by atoms with Crippen molar-refractivity contribution in [1.82, 2.24) is 9.88 Å². The Kier molecular flexibility index (Phi) is 4.10. The van der Waals surface area contributed by atoms with Gasteiger partial charge in [0.15, 0.2) is 9.84 Å². The molecule has 2 aromatic rings. The number of rotatable bonds is 2. The van der Waals surface area contributed by atoms with Gasteiger partial charge in [-0.15, -0.1) is 0 Å². The molecule has 1 aromatic carbocycles. The van der Waals surface area contributed by atoms with Crippen molar-refractivity contribution in [2.24, 2.45) is 5.92 Å². The Morgan fingerprint density at radius 3 is 2.68 bits per heavy atom. The van der Waals surface area contributed by atoms with Crippen LogP contribution in [0, 0.1) is 5.92 Å². The number of sulfone groups is 1. The monoisotopic (exact) mass is 360 g/mol. The third-order valence-corrected chi connectivity index (χ3v) is 6.76. The second kappa shape index (κ2) is 6.16. The van der Waals surface area contributed by atoms with E-state index in [1.807, 2.05) is 11.0 Å². The maximum Gasteiger partial charge on any atom is 0.225 e. The SMILES string of the molecule is CS(=O)(=O)c1cccc2[nH]c3c(c12)CN(C(=O)C1CCCCC1)CC3. The summed E-state index contributed by atoms with van der Waals surface area (Å²) in [7, 11) is -3.31. The summed E-state index contributed by atoms with van der Waals surface area (Å²) in [5, 5.41) is 0.765. The third kappa shape index (κ3) is 2.97. The predicted molar refractivity (Wildman–Crippen MR) is 97.1 cm³/mol. The highest BCUT2D eigenvalue weighted by atomic mass is 32.2. The Morgan fingerprint density at radius 1 is 1.20 bits per heavy atom. The number of nitrogens with zero attached hydrogens (tertiary/aromatic N) is 1. The minimum atomic E-state index is -3.31. The Morgan fingerprint density at radius 2 is 1.96 bits per heavy atom. The normalized spacial score (nSPS) is 19.2. The zero-order chi connectivity index (χ0) is 17.6. The minimum absolute atomic E-state index is 0.148. The minimum Gasteiger partial charge on any atom is -0.358 e. The van der Waals surface area contributed by atoms with Crippen LogP contribution in [-0.4, -0.2) is 37.0 Å². The number of fused-ring (bicyclic) bond motifs is 3. The zero-order valence-corrected chi connectivity index (χ0v) is 15.4. The van der Waals surface area contributed by atoms with E-state index in [9.17, 15) is 13.2 Å². The summed E-state index contributed by atoms with van der Waals surface area (Å²) in [6.07, 6.45) is 7.49. The van der Waals surface area contributed by atoms with E-state index in [-0.39, 0.29) is 11.8 Å². The zero-order valence-electron chi connectivity index (χ0n) is 14.5. The summed E-state index contributed by atoms with van der Waals surface area (Å²) in [5.41, 5.74) is 2.89. The lowest BCUT2D eigenvalue weighted by Gasteiger charge is -2.32. The van der Waals surface area contributed by atoms with E-state index in [2.05, 4.69) is 4.98 Å². The van der Waals surface area contributed by atoms with Crippen LogP contribution in [-0.2, 0) is 27.6 Å². The molecule has 1 fully saturated rings. The van der Waals surface area contributed by atoms with Gasteiger partial charge in [-0.25, -0.2) is 8.42 Å². The number of carbonyl (C=O) groups excluding carboxylic acids is 1. The second-order valence-corrected chi connectivity index (χ2v) is 9.36. The van der Waals surface area contributed by atoms with Gasteiger partial charge in [-0.3, -0.25) is 4.79 Å². The third-order valence-electron chi connectivity index (χ3n) is 5.62. The largest absolute Gasteiger partial charge is 0.358 e. The summed E-state index contributed by atoms with van der Waals surface area (Å²) in [6.45, 7) is 1.22. The van der Waals surface area contributed by atoms with E-state index in [0.717, 1.165) is 54.3 Å². The number of hydrogen-bond acceptors (Lipinski definition) is 3. The van der Waals surface area contributed by atoms with Gasteiger partial charge in [0.25, 0.3) is 0 Å². The van der Waals surface area contributed by atoms with Crippen molar-refractivity contribution in [3.8, 4) is 0 Å². The number of benzene rings is 1. The van der Waals surface area contributed by atoms with Gasteiger partial charge in [-0.2, -0.15) is 0 Å². The molecule has 2 aliphatic rings. The summed E-state index contributed by atoms with van der Waals surface area (Å²) in [5.74, 6) is 0.395. The molecule has 0 bridgehead atoms. The van der Waals surface area contributed by atoms with Crippen molar-refractivity contribution < 1.29 is 13.2 Å². The fraction of sp³-hybridized carbons (Fsp3) is 0.526. The molecule has 1 N–H and O–H groups in total. The van der Waals surface area contributed by atoms with Crippen molar-refractivity contribution in [2.45, 2.75) is 50.0 Å². The smallest absolute Gasteiger partial charge is 0.225 e. The average molecular weight is 360 g/mol. The Bertz CT molecular complexity index is 924. The number of amides is 1. The maximum atomic E-state index is 12.9. The molecule has 6 heteroatoms. The van der Waals surface area contributed by atoms with E-state index >= 15 is 0 Å². The lowest BCUT2D eigenvalue weighted by Crippen LogP contribution is -2.40. The quantitative estimate of drug-likeness (QED) is 0.895. The van der Waals surface area contributed by atoms with Crippen LogP contribution < -0.4 is 0 Å². The molecule has 0 radical (unpaired) electrons. The first-order chi connectivity index (χ1) is 11.9. The van der Waals surface area contributed by atoms with Crippen molar-refractivity contribution in [1.29, 1.82) is 0 Å². The van der Waals surface area contributed by atoms with Gasteiger partial charge in [0.05, 0.1) is 4.90 Å². The second-order valence-electron chi connectivity index (χ2n) is 7.38. The van der Waals surface area contributed by atoms with Crippen LogP contribution in [0.3, 0.4) is 0 Å². The predicted octanol–water partition coefficient (Wildman–Crippen LogP) is 3.04. The standard InChI is InChI=1S/C19H24N2O3S/c1-25(23,24)17-9-5-8-16-18(17)14-12-21(11-10-15(14)20-16)19(22)13-6-3-2-4-7-13/h5,8-9,13,20H,2-4,6-7,10-12H2,1H3. The molecule has 0 spiro atoms. The lowest BCUT2D eigenvalue weighted by atomic mass is 9.87. The van der Waals surface area contributed by atoms with E-state index in [1.165, 1.54) is 12.7 Å². The van der Waals surface area contributed by atoms with E-state index in [1.54, 1.807) is 12.1 Å². The molecule has 134 valence electrons. The summed E-state index contributed by atoms with van der Waals surface area (Å²) in [4.78, 5) is 18.6. The van der Waals surface area contributed by atoms with Crippen LogP contribution in [0.2, 0.25) is 0 Å². The lowest BCUT2D eigenvalue weighted by molar-refractivity contribution is -0.137. The highest BCUT2D eigenvalue weighted by molar-refractivity contribution is 7.91. The highest BCUT2D eigenvalue weighted by Gasteiger charge is 2.31. The van der Waals surface area contributed by atoms with Crippen LogP contribution in [0.1, 0.15) is 43.4 Å². The molecule has 5 nitrogen and oxygen atoms in total. The summed E-state index contributed by atoms with van der Waals surface area (Å²) in [6, 6.07) is 5.34. The number of aromatic nitrogens is 1. The van der Waals surface area contributed by atoms with E-state index in [0.29, 0.717) is 18.0 Å². The molecule has 0 saturated heterocycles. The van der Waals surface area contributed by atoms with Crippen molar-refractivity contribution in [3.63, 3.8) is 0 Å². The number of carbonyl (C=O) groups is 1. The number of hydrogen-bond donors (Lipinski definition) is 1. The van der Waals surface area contributed by atoms with Crippen LogP contribution >= 0.6 is 0 Å². The van der Waals surface area contributed by atoms with Crippen molar-refractivity contribution >= 4 is 26.6 Å². The molecule has 0 atom stereocenters. The topological polar surface area (TPSA) is 70.2 Å². The molecule has 2 heterocycles. The van der Waals surface area contributed by atoms with Crippen molar-refractivity contribution in [3.05, 3.63) is 29.5 Å². The molecule has 1 aromatic heterocycles. The highest BCUT2D eigenvalue weighted by Crippen LogP contribution is 2.34. The van der Waals surface area contributed by atoms with E-state index < -0.39 is 9.84 Å². The molecule has 1 amide bonds. The number of H-pyrrole nitrogens is 1. The van der Waals surface area contributed by atoms with Gasteiger partial charge >= 0.3 is 0 Å². The van der Waals surface area contributed by atoms with Gasteiger partial charge in [0.1, 0.15) is 0 Å². The molecule has 4 rings (SSSR count). The first kappa shape index (κ1) is 16.6. The van der Waals surface area contributed by atoms with Crippen LogP contribution in [0.25, 0.3) is 10.9 Å².